The number of carbonyl (C=O) groups excluding carboxylic acids is 1. The molecule has 0 radical (unpaired) electrons. The van der Waals surface area contributed by atoms with Crippen LogP contribution in [0.5, 0.6) is 0 Å². The summed E-state index contributed by atoms with van der Waals surface area (Å²) in [6.45, 7) is 8.74. The lowest BCUT2D eigenvalue weighted by molar-refractivity contribution is -0.127. The molecule has 2 heterocycles. The Labute approximate surface area is 202 Å². The van der Waals surface area contributed by atoms with Crippen molar-refractivity contribution in [3.05, 3.63) is 64.4 Å². The number of hydrogen-bond acceptors (Lipinski definition) is 3. The van der Waals surface area contributed by atoms with E-state index in [4.69, 9.17) is 11.6 Å². The Balaban J connectivity index is 1.25. The lowest BCUT2D eigenvalue weighted by Crippen LogP contribution is -2.41. The quantitative estimate of drug-likeness (QED) is 0.577. The maximum Gasteiger partial charge on any atom is 0.223 e. The molecule has 2 atom stereocenters. The van der Waals surface area contributed by atoms with E-state index in [1.54, 1.807) is 12.1 Å². The summed E-state index contributed by atoms with van der Waals surface area (Å²) in [4.78, 5) is 17.5. The summed E-state index contributed by atoms with van der Waals surface area (Å²) >= 11 is 5.85. The van der Waals surface area contributed by atoms with Gasteiger partial charge in [0.1, 0.15) is 5.82 Å². The molecule has 6 heteroatoms. The van der Waals surface area contributed by atoms with E-state index in [2.05, 4.69) is 46.3 Å². The third-order valence-electron chi connectivity index (χ3n) is 7.14. The van der Waals surface area contributed by atoms with Gasteiger partial charge in [-0.2, -0.15) is 0 Å². The summed E-state index contributed by atoms with van der Waals surface area (Å²) < 4.78 is 14.1. The number of nitrogens with one attached hydrogen (secondary N) is 1. The number of rotatable bonds is 6. The van der Waals surface area contributed by atoms with Gasteiger partial charge in [-0.25, -0.2) is 4.39 Å². The average molecular weight is 472 g/mol. The monoisotopic (exact) mass is 471 g/mol. The number of halogens is 2. The fourth-order valence-electron chi connectivity index (χ4n) is 5.06. The van der Waals surface area contributed by atoms with Crippen LogP contribution in [0, 0.1) is 17.7 Å². The van der Waals surface area contributed by atoms with Gasteiger partial charge in [-0.1, -0.05) is 36.7 Å². The van der Waals surface area contributed by atoms with Gasteiger partial charge in [0, 0.05) is 41.8 Å². The molecule has 2 aliphatic rings. The number of carbonyl (C=O) groups is 1. The van der Waals surface area contributed by atoms with Gasteiger partial charge in [-0.05, 0) is 81.4 Å². The highest BCUT2D eigenvalue weighted by Gasteiger charge is 2.26. The fraction of sp³-hybridized carbons (Fsp3) is 0.519. The van der Waals surface area contributed by atoms with Gasteiger partial charge in [0.05, 0.1) is 6.04 Å². The maximum absolute atomic E-state index is 14.1. The van der Waals surface area contributed by atoms with Crippen LogP contribution in [0.1, 0.15) is 56.7 Å². The van der Waals surface area contributed by atoms with E-state index in [-0.39, 0.29) is 23.7 Å². The van der Waals surface area contributed by atoms with Crippen molar-refractivity contribution >= 4 is 23.2 Å². The minimum absolute atomic E-state index is 0.00729. The predicted molar refractivity (Wildman–Crippen MR) is 133 cm³/mol. The summed E-state index contributed by atoms with van der Waals surface area (Å²) in [5.74, 6) is 0.604. The highest BCUT2D eigenvalue weighted by Crippen LogP contribution is 2.26. The van der Waals surface area contributed by atoms with Gasteiger partial charge in [-0.3, -0.25) is 9.69 Å². The minimum atomic E-state index is -0.267. The van der Waals surface area contributed by atoms with Crippen LogP contribution in [0.15, 0.2) is 42.5 Å². The predicted octanol–water partition coefficient (Wildman–Crippen LogP) is 5.80. The number of nitrogens with zero attached hydrogens (tertiary/aromatic N) is 2. The highest BCUT2D eigenvalue weighted by atomic mass is 35.5. The van der Waals surface area contributed by atoms with Crippen molar-refractivity contribution in [3.63, 3.8) is 0 Å². The molecule has 0 spiro atoms. The minimum Gasteiger partial charge on any atom is -0.371 e. The van der Waals surface area contributed by atoms with Gasteiger partial charge < -0.3 is 10.2 Å². The van der Waals surface area contributed by atoms with Crippen molar-refractivity contribution in [2.24, 2.45) is 11.8 Å². The van der Waals surface area contributed by atoms with Crippen molar-refractivity contribution in [1.29, 1.82) is 0 Å². The van der Waals surface area contributed by atoms with E-state index in [0.29, 0.717) is 17.1 Å². The first-order valence-electron chi connectivity index (χ1n) is 12.2. The molecule has 0 aromatic heterocycles. The summed E-state index contributed by atoms with van der Waals surface area (Å²) in [7, 11) is 0. The first-order valence-corrected chi connectivity index (χ1v) is 12.6. The number of piperidine rings is 2. The zero-order valence-corrected chi connectivity index (χ0v) is 20.5. The van der Waals surface area contributed by atoms with E-state index in [1.807, 2.05) is 6.92 Å². The molecule has 2 saturated heterocycles. The highest BCUT2D eigenvalue weighted by molar-refractivity contribution is 6.30. The number of hydrogen-bond donors (Lipinski definition) is 1. The van der Waals surface area contributed by atoms with Gasteiger partial charge in [-0.15, -0.1) is 0 Å². The zero-order valence-electron chi connectivity index (χ0n) is 19.7. The van der Waals surface area contributed by atoms with Crippen LogP contribution in [0.25, 0.3) is 0 Å². The fourth-order valence-corrected chi connectivity index (χ4v) is 5.22. The van der Waals surface area contributed by atoms with Crippen LogP contribution in [0.3, 0.4) is 0 Å². The lowest BCUT2D eigenvalue weighted by atomic mass is 9.94. The van der Waals surface area contributed by atoms with Crippen molar-refractivity contribution in [2.75, 3.05) is 31.1 Å². The molecule has 4 rings (SSSR count). The van der Waals surface area contributed by atoms with E-state index >= 15 is 0 Å². The van der Waals surface area contributed by atoms with Crippen LogP contribution in [-0.4, -0.2) is 37.0 Å². The standard InChI is InChI=1S/C27H35ClFN3O/c1-19-4-3-13-32(17-19)25-9-6-21(7-10-25)20(2)30-27(33)22-11-14-31(15-12-22)18-23-5-8-24(28)16-26(23)29/h5-10,16,19-20,22H,3-4,11-15,17-18H2,1-2H3,(H,30,33)/t19-,20+/m1/s1. The normalized spacial score (nSPS) is 21.1. The van der Waals surface area contributed by atoms with E-state index in [9.17, 15) is 9.18 Å². The molecule has 2 aromatic rings. The third kappa shape index (κ3) is 6.27. The van der Waals surface area contributed by atoms with Crippen LogP contribution in [0.2, 0.25) is 5.02 Å². The smallest absolute Gasteiger partial charge is 0.223 e. The molecule has 2 aliphatic heterocycles. The Morgan fingerprint density at radius 3 is 2.52 bits per heavy atom. The summed E-state index contributed by atoms with van der Waals surface area (Å²) in [6, 6.07) is 13.5. The van der Waals surface area contributed by atoms with Gasteiger partial charge >= 0.3 is 0 Å². The average Bonchev–Trinajstić information content (AvgIpc) is 2.81. The first kappa shape index (κ1) is 24.0. The number of benzene rings is 2. The third-order valence-corrected chi connectivity index (χ3v) is 7.38. The molecule has 0 unspecified atom stereocenters. The summed E-state index contributed by atoms with van der Waals surface area (Å²) in [5, 5.41) is 3.62. The van der Waals surface area contributed by atoms with Gasteiger partial charge in [0.25, 0.3) is 0 Å². The molecule has 2 aromatic carbocycles. The Morgan fingerprint density at radius 2 is 1.85 bits per heavy atom. The van der Waals surface area contributed by atoms with E-state index in [1.165, 1.54) is 24.6 Å². The van der Waals surface area contributed by atoms with Crippen molar-refractivity contribution in [3.8, 4) is 0 Å². The van der Waals surface area contributed by atoms with Gasteiger partial charge in [0.2, 0.25) is 5.91 Å². The SMILES string of the molecule is C[C@@H]1CCCN(c2ccc([C@H](C)NC(=O)C3CCN(Cc4ccc(Cl)cc4F)CC3)cc2)C1. The molecule has 2 fully saturated rings. The second-order valence-electron chi connectivity index (χ2n) is 9.80. The van der Waals surface area contributed by atoms with Crippen LogP contribution in [0.4, 0.5) is 10.1 Å². The number of anilines is 1. The topological polar surface area (TPSA) is 35.6 Å². The zero-order chi connectivity index (χ0) is 23.4. The van der Waals surface area contributed by atoms with Crippen LogP contribution in [-0.2, 0) is 11.3 Å². The largest absolute Gasteiger partial charge is 0.371 e. The van der Waals surface area contributed by atoms with Gasteiger partial charge in [0.15, 0.2) is 0 Å². The molecule has 0 saturated carbocycles. The van der Waals surface area contributed by atoms with E-state index in [0.717, 1.165) is 50.5 Å². The van der Waals surface area contributed by atoms with Crippen molar-refractivity contribution < 1.29 is 9.18 Å². The number of likely N-dealkylation sites (tertiary alicyclic amines) is 1. The summed E-state index contributed by atoms with van der Waals surface area (Å²) in [6.07, 6.45) is 4.15. The molecular weight excluding hydrogens is 437 g/mol. The Morgan fingerprint density at radius 1 is 1.12 bits per heavy atom. The Bertz CT molecular complexity index is 943. The molecule has 4 nitrogen and oxygen atoms in total. The maximum atomic E-state index is 14.1. The Kier molecular flexibility index (Phi) is 7.92. The second kappa shape index (κ2) is 10.9. The molecule has 1 amide bonds. The van der Waals surface area contributed by atoms with Crippen LogP contribution >= 0.6 is 11.6 Å². The Hall–Kier alpha value is -2.11. The molecular formula is C27H35ClFN3O. The van der Waals surface area contributed by atoms with Crippen molar-refractivity contribution in [1.82, 2.24) is 10.2 Å². The molecule has 0 bridgehead atoms. The first-order chi connectivity index (χ1) is 15.9. The van der Waals surface area contributed by atoms with E-state index < -0.39 is 0 Å². The molecule has 0 aliphatic carbocycles. The van der Waals surface area contributed by atoms with Crippen LogP contribution < -0.4 is 10.2 Å². The second-order valence-corrected chi connectivity index (χ2v) is 10.2. The van der Waals surface area contributed by atoms with Crippen molar-refractivity contribution in [2.45, 2.75) is 52.1 Å². The summed E-state index contributed by atoms with van der Waals surface area (Å²) in [5.41, 5.74) is 3.06. The molecule has 33 heavy (non-hydrogen) atoms. The molecule has 178 valence electrons. The molecule has 1 N–H and O–H groups in total. The number of amides is 1. The lowest BCUT2D eigenvalue weighted by Gasteiger charge is -2.33.